The van der Waals surface area contributed by atoms with Gasteiger partial charge in [0.2, 0.25) is 5.89 Å². The summed E-state index contributed by atoms with van der Waals surface area (Å²) in [6.07, 6.45) is 1.17. The fourth-order valence-corrected chi connectivity index (χ4v) is 1.52. The van der Waals surface area contributed by atoms with Crippen molar-refractivity contribution in [1.29, 1.82) is 0 Å². The molecule has 2 rings (SSSR count). The predicted molar refractivity (Wildman–Crippen MR) is 58.3 cm³/mol. The molecule has 1 N–H and O–H groups in total. The molecule has 0 aliphatic rings. The van der Waals surface area contributed by atoms with Crippen LogP contribution in [0.4, 0.5) is 0 Å². The van der Waals surface area contributed by atoms with Crippen molar-refractivity contribution < 1.29 is 14.3 Å². The summed E-state index contributed by atoms with van der Waals surface area (Å²) in [6.45, 7) is 0. The summed E-state index contributed by atoms with van der Waals surface area (Å²) in [5.41, 5.74) is 1.03. The quantitative estimate of drug-likeness (QED) is 0.891. The Bertz CT molecular complexity index is 521. The van der Waals surface area contributed by atoms with Gasteiger partial charge in [-0.25, -0.2) is 4.98 Å². The molecule has 0 atom stereocenters. The molecule has 0 spiro atoms. The van der Waals surface area contributed by atoms with Crippen LogP contribution >= 0.6 is 11.6 Å². The van der Waals surface area contributed by atoms with Crippen LogP contribution in [0.3, 0.4) is 0 Å². The minimum absolute atomic E-state index is 0.159. The van der Waals surface area contributed by atoms with Gasteiger partial charge in [-0.1, -0.05) is 23.7 Å². The minimum atomic E-state index is -0.945. The van der Waals surface area contributed by atoms with E-state index in [1.807, 2.05) is 6.07 Å². The highest BCUT2D eigenvalue weighted by Gasteiger charge is 2.11. The second kappa shape index (κ2) is 4.37. The first kappa shape index (κ1) is 10.7. The van der Waals surface area contributed by atoms with Crippen molar-refractivity contribution >= 4 is 17.6 Å². The fourth-order valence-electron chi connectivity index (χ4n) is 1.30. The molecule has 0 aliphatic carbocycles. The van der Waals surface area contributed by atoms with Crippen molar-refractivity contribution in [3.63, 3.8) is 0 Å². The molecule has 82 valence electrons. The van der Waals surface area contributed by atoms with E-state index in [9.17, 15) is 4.79 Å². The molecule has 1 aromatic carbocycles. The maximum atomic E-state index is 10.5. The molecule has 0 unspecified atom stereocenters. The lowest BCUT2D eigenvalue weighted by Gasteiger charge is -1.96. The summed E-state index contributed by atoms with van der Waals surface area (Å²) in [5, 5.41) is 9.11. The zero-order valence-corrected chi connectivity index (χ0v) is 8.94. The van der Waals surface area contributed by atoms with Gasteiger partial charge in [-0.3, -0.25) is 4.79 Å². The molecule has 0 saturated heterocycles. The lowest BCUT2D eigenvalue weighted by molar-refractivity contribution is -0.136. The van der Waals surface area contributed by atoms with Crippen LogP contribution in [0.15, 0.2) is 34.9 Å². The van der Waals surface area contributed by atoms with Crippen molar-refractivity contribution in [2.24, 2.45) is 0 Å². The van der Waals surface area contributed by atoms with Gasteiger partial charge in [-0.15, -0.1) is 0 Å². The molecule has 1 heterocycles. The normalized spacial score (nSPS) is 10.3. The number of benzene rings is 1. The maximum absolute atomic E-state index is 10.5. The van der Waals surface area contributed by atoms with Crippen LogP contribution in [0.2, 0.25) is 5.02 Å². The van der Waals surface area contributed by atoms with E-state index in [2.05, 4.69) is 4.98 Å². The molecule has 5 heteroatoms. The highest BCUT2D eigenvalue weighted by molar-refractivity contribution is 6.33. The van der Waals surface area contributed by atoms with Gasteiger partial charge >= 0.3 is 5.97 Å². The first-order valence-electron chi connectivity index (χ1n) is 4.58. The average Bonchev–Trinajstić information content (AvgIpc) is 2.66. The smallest absolute Gasteiger partial charge is 0.309 e. The number of rotatable bonds is 3. The average molecular weight is 238 g/mol. The third-order valence-corrected chi connectivity index (χ3v) is 2.32. The van der Waals surface area contributed by atoms with E-state index in [-0.39, 0.29) is 6.42 Å². The molecule has 0 aliphatic heterocycles. The Balaban J connectivity index is 2.32. The molecule has 4 nitrogen and oxygen atoms in total. The Kier molecular flexibility index (Phi) is 2.92. The molecule has 0 bridgehead atoms. The lowest BCUT2D eigenvalue weighted by atomic mass is 10.2. The first-order valence-corrected chi connectivity index (χ1v) is 4.95. The van der Waals surface area contributed by atoms with E-state index in [1.165, 1.54) is 6.26 Å². The Morgan fingerprint density at radius 2 is 2.19 bits per heavy atom. The third-order valence-electron chi connectivity index (χ3n) is 1.99. The van der Waals surface area contributed by atoms with Crippen LogP contribution in [-0.2, 0) is 11.2 Å². The number of carbonyl (C=O) groups is 1. The molecule has 0 amide bonds. The molecule has 16 heavy (non-hydrogen) atoms. The van der Waals surface area contributed by atoms with E-state index < -0.39 is 5.97 Å². The summed E-state index contributed by atoms with van der Waals surface area (Å²) < 4.78 is 5.17. The van der Waals surface area contributed by atoms with Crippen molar-refractivity contribution in [2.75, 3.05) is 0 Å². The molecular weight excluding hydrogens is 230 g/mol. The van der Waals surface area contributed by atoms with Gasteiger partial charge in [0.05, 0.1) is 22.7 Å². The molecule has 0 saturated carbocycles. The van der Waals surface area contributed by atoms with Crippen LogP contribution in [-0.4, -0.2) is 16.1 Å². The second-order valence-corrected chi connectivity index (χ2v) is 3.60. The number of hydrogen-bond acceptors (Lipinski definition) is 3. The number of halogens is 1. The monoisotopic (exact) mass is 237 g/mol. The zero-order chi connectivity index (χ0) is 11.5. The molecular formula is C11H8ClNO3. The van der Waals surface area contributed by atoms with Crippen LogP contribution in [0.25, 0.3) is 11.5 Å². The summed E-state index contributed by atoms with van der Waals surface area (Å²) in [5.74, 6) is -0.610. The highest BCUT2D eigenvalue weighted by atomic mass is 35.5. The number of nitrogens with zero attached hydrogens (tertiary/aromatic N) is 1. The number of hydrogen-bond donors (Lipinski definition) is 1. The third kappa shape index (κ3) is 2.23. The van der Waals surface area contributed by atoms with E-state index in [0.29, 0.717) is 22.2 Å². The van der Waals surface area contributed by atoms with E-state index in [4.69, 9.17) is 21.1 Å². The van der Waals surface area contributed by atoms with Crippen molar-refractivity contribution in [2.45, 2.75) is 6.42 Å². The Hall–Kier alpha value is -1.81. The highest BCUT2D eigenvalue weighted by Crippen LogP contribution is 2.26. The Labute approximate surface area is 96.5 Å². The van der Waals surface area contributed by atoms with Crippen molar-refractivity contribution in [3.05, 3.63) is 41.2 Å². The fraction of sp³-hybridized carbons (Fsp3) is 0.0909. The van der Waals surface area contributed by atoms with Gasteiger partial charge in [0.1, 0.15) is 6.26 Å². The SMILES string of the molecule is O=C(O)Cc1coc(-c2ccccc2Cl)n1. The number of aliphatic carboxylic acids is 1. The zero-order valence-electron chi connectivity index (χ0n) is 8.18. The molecule has 0 fully saturated rings. The number of aromatic nitrogens is 1. The molecule has 2 aromatic rings. The van der Waals surface area contributed by atoms with Gasteiger partial charge in [-0.2, -0.15) is 0 Å². The van der Waals surface area contributed by atoms with Crippen LogP contribution < -0.4 is 0 Å². The lowest BCUT2D eigenvalue weighted by Crippen LogP contribution is -1.99. The standard InChI is InChI=1S/C11H8ClNO3/c12-9-4-2-1-3-8(9)11-13-7(6-16-11)5-10(14)15/h1-4,6H,5H2,(H,14,15). The van der Waals surface area contributed by atoms with Gasteiger partial charge in [0, 0.05) is 0 Å². The van der Waals surface area contributed by atoms with Gasteiger partial charge in [0.15, 0.2) is 0 Å². The summed E-state index contributed by atoms with van der Waals surface area (Å²) in [7, 11) is 0. The van der Waals surface area contributed by atoms with Crippen LogP contribution in [0.5, 0.6) is 0 Å². The van der Waals surface area contributed by atoms with Gasteiger partial charge in [0.25, 0.3) is 0 Å². The predicted octanol–water partition coefficient (Wildman–Crippen LogP) is 2.62. The van der Waals surface area contributed by atoms with E-state index in [0.717, 1.165) is 0 Å². The number of carboxylic acid groups (broad SMARTS) is 1. The summed E-state index contributed by atoms with van der Waals surface area (Å²) >= 11 is 5.96. The summed E-state index contributed by atoms with van der Waals surface area (Å²) in [4.78, 5) is 14.5. The minimum Gasteiger partial charge on any atom is -0.481 e. The first-order chi connectivity index (χ1) is 7.66. The van der Waals surface area contributed by atoms with Crippen molar-refractivity contribution in [3.8, 4) is 11.5 Å². The second-order valence-electron chi connectivity index (χ2n) is 3.19. The van der Waals surface area contributed by atoms with Gasteiger partial charge in [-0.05, 0) is 12.1 Å². The number of carboxylic acids is 1. The summed E-state index contributed by atoms with van der Waals surface area (Å²) in [6, 6.07) is 7.09. The Morgan fingerprint density at radius 3 is 2.88 bits per heavy atom. The van der Waals surface area contributed by atoms with Crippen molar-refractivity contribution in [1.82, 2.24) is 4.98 Å². The van der Waals surface area contributed by atoms with Crippen LogP contribution in [0.1, 0.15) is 5.69 Å². The van der Waals surface area contributed by atoms with Gasteiger partial charge < -0.3 is 9.52 Å². The topological polar surface area (TPSA) is 63.3 Å². The maximum Gasteiger partial charge on any atom is 0.309 e. The Morgan fingerprint density at radius 1 is 1.44 bits per heavy atom. The van der Waals surface area contributed by atoms with Crippen LogP contribution in [0, 0.1) is 0 Å². The molecule has 1 aromatic heterocycles. The van der Waals surface area contributed by atoms with E-state index >= 15 is 0 Å². The molecule has 0 radical (unpaired) electrons. The largest absolute Gasteiger partial charge is 0.481 e. The number of oxazole rings is 1. The van der Waals surface area contributed by atoms with E-state index in [1.54, 1.807) is 18.2 Å².